The first kappa shape index (κ1) is 64.6. The van der Waals surface area contributed by atoms with Gasteiger partial charge in [0.25, 0.3) is 0 Å². The van der Waals surface area contributed by atoms with Gasteiger partial charge in [0.15, 0.2) is 18.9 Å². The molecule has 3 heterocycles. The van der Waals surface area contributed by atoms with Gasteiger partial charge in [-0.2, -0.15) is 0 Å². The van der Waals surface area contributed by atoms with Gasteiger partial charge in [-0.3, -0.25) is 4.79 Å². The molecule has 3 rings (SSSR count). The Balaban J connectivity index is 1.54. The van der Waals surface area contributed by atoms with Crippen LogP contribution in [0, 0.1) is 0 Å². The van der Waals surface area contributed by atoms with Crippen LogP contribution in [0.15, 0.2) is 24.3 Å². The second-order valence-corrected chi connectivity index (χ2v) is 20.0. The van der Waals surface area contributed by atoms with Crippen LogP contribution in [0.2, 0.25) is 0 Å². The topological polar surface area (TPSA) is 307 Å². The van der Waals surface area contributed by atoms with Crippen LogP contribution >= 0.6 is 0 Å². The van der Waals surface area contributed by atoms with Crippen molar-refractivity contribution >= 4 is 5.91 Å². The molecule has 19 nitrogen and oxygen atoms in total. The summed E-state index contributed by atoms with van der Waals surface area (Å²) in [6, 6.07) is -0.983. The van der Waals surface area contributed by atoms with Gasteiger partial charge in [-0.1, -0.05) is 160 Å². The van der Waals surface area contributed by atoms with Crippen LogP contribution in [0.5, 0.6) is 0 Å². The maximum absolute atomic E-state index is 13.2. The molecule has 0 aromatic carbocycles. The van der Waals surface area contributed by atoms with Crippen LogP contribution in [0.4, 0.5) is 0 Å². The molecule has 0 aromatic heterocycles. The predicted molar refractivity (Wildman–Crippen MR) is 268 cm³/mol. The molecule has 0 aliphatic carbocycles. The Kier molecular flexibility index (Phi) is 34.0. The number of ether oxygens (including phenoxy) is 6. The van der Waals surface area contributed by atoms with Crippen molar-refractivity contribution in [3.63, 3.8) is 0 Å². The maximum atomic E-state index is 13.2. The predicted octanol–water partition coefficient (Wildman–Crippen LogP) is 3.20. The average Bonchev–Trinajstić information content (AvgIpc) is 3.37. The normalized spacial score (nSPS) is 32.2. The van der Waals surface area contributed by atoms with Gasteiger partial charge < -0.3 is 89.9 Å². The van der Waals surface area contributed by atoms with Crippen LogP contribution in [0.25, 0.3) is 0 Å². The molecule has 3 aliphatic heterocycles. The molecule has 0 aromatic rings. The number of unbranched alkanes of at least 4 members (excludes halogenated alkanes) is 21. The van der Waals surface area contributed by atoms with Gasteiger partial charge in [0.05, 0.1) is 38.6 Å². The highest BCUT2D eigenvalue weighted by molar-refractivity contribution is 5.76. The van der Waals surface area contributed by atoms with Crippen molar-refractivity contribution in [1.29, 1.82) is 0 Å². The lowest BCUT2D eigenvalue weighted by Crippen LogP contribution is -2.66. The van der Waals surface area contributed by atoms with E-state index < -0.39 is 124 Å². The molecule has 12 N–H and O–H groups in total. The summed E-state index contributed by atoms with van der Waals surface area (Å²) < 4.78 is 34.1. The summed E-state index contributed by atoms with van der Waals surface area (Å²) in [5.41, 5.74) is 0. The lowest BCUT2D eigenvalue weighted by Gasteiger charge is -2.48. The van der Waals surface area contributed by atoms with E-state index in [4.69, 9.17) is 28.4 Å². The van der Waals surface area contributed by atoms with Gasteiger partial charge >= 0.3 is 0 Å². The zero-order valence-electron chi connectivity index (χ0n) is 43.4. The first-order valence-electron chi connectivity index (χ1n) is 27.6. The lowest BCUT2D eigenvalue weighted by molar-refractivity contribution is -0.379. The Labute approximate surface area is 428 Å². The Morgan fingerprint density at radius 2 is 0.889 bits per heavy atom. The fourth-order valence-electron chi connectivity index (χ4n) is 9.38. The van der Waals surface area contributed by atoms with Crippen molar-refractivity contribution in [2.24, 2.45) is 0 Å². The van der Waals surface area contributed by atoms with Crippen molar-refractivity contribution in [1.82, 2.24) is 5.32 Å². The number of allylic oxidation sites excluding steroid dienone is 3. The third-order valence-corrected chi connectivity index (χ3v) is 14.0. The third kappa shape index (κ3) is 22.9. The molecule has 0 saturated carbocycles. The van der Waals surface area contributed by atoms with Crippen molar-refractivity contribution in [3.05, 3.63) is 24.3 Å². The fourth-order valence-corrected chi connectivity index (χ4v) is 9.38. The number of amides is 1. The Morgan fingerprint density at radius 1 is 0.486 bits per heavy atom. The molecular formula is C53H97NO18. The number of carbonyl (C=O) groups is 1. The summed E-state index contributed by atoms with van der Waals surface area (Å²) in [4.78, 5) is 13.2. The molecule has 19 heteroatoms. The third-order valence-electron chi connectivity index (χ3n) is 14.0. The Morgan fingerprint density at radius 3 is 1.39 bits per heavy atom. The monoisotopic (exact) mass is 1040 g/mol. The quantitative estimate of drug-likeness (QED) is 0.0311. The van der Waals surface area contributed by atoms with Crippen LogP contribution in [0.3, 0.4) is 0 Å². The average molecular weight is 1040 g/mol. The minimum atomic E-state index is -1.98. The van der Waals surface area contributed by atoms with Gasteiger partial charge in [-0.15, -0.1) is 0 Å². The smallest absolute Gasteiger partial charge is 0.220 e. The number of nitrogens with one attached hydrogen (secondary N) is 1. The summed E-state index contributed by atoms with van der Waals surface area (Å²) in [7, 11) is 0. The molecule has 0 radical (unpaired) electrons. The molecule has 3 fully saturated rings. The van der Waals surface area contributed by atoms with Crippen LogP contribution < -0.4 is 5.32 Å². The van der Waals surface area contributed by atoms with Gasteiger partial charge in [-0.25, -0.2) is 0 Å². The van der Waals surface area contributed by atoms with Crippen molar-refractivity contribution < 1.29 is 89.4 Å². The maximum Gasteiger partial charge on any atom is 0.220 e. The van der Waals surface area contributed by atoms with E-state index in [1.807, 2.05) is 6.08 Å². The highest BCUT2D eigenvalue weighted by Crippen LogP contribution is 2.33. The highest BCUT2D eigenvalue weighted by Gasteiger charge is 2.53. The van der Waals surface area contributed by atoms with Gasteiger partial charge in [0.2, 0.25) is 5.91 Å². The van der Waals surface area contributed by atoms with E-state index in [-0.39, 0.29) is 18.9 Å². The molecule has 0 bridgehead atoms. The molecule has 3 saturated heterocycles. The molecule has 1 amide bonds. The molecule has 17 atom stereocenters. The first-order chi connectivity index (χ1) is 34.8. The second-order valence-electron chi connectivity index (χ2n) is 20.0. The number of aliphatic hydroxyl groups is 11. The van der Waals surface area contributed by atoms with E-state index in [1.54, 1.807) is 6.08 Å². The standard InChI is InChI=1S/C53H97NO18/c1-3-5-7-9-11-13-15-16-17-18-19-21-23-25-27-29-31-41(59)54-36(37(58)30-28-26-24-22-20-14-12-10-8-6-4-2)35-67-51-47(65)44(62)49(39(33-56)69-51)72-53-48(66)45(63)50(40(34-57)70-53)71-52-46(64)43(61)42(60)38(32-55)68-52/h20,22,28,30,36-40,42-53,55-58,60-66H,3-19,21,23-27,29,31-35H2,1-2H3,(H,54,59)/b22-20+,30-28+. The number of hydrogen-bond donors (Lipinski definition) is 12. The van der Waals surface area contributed by atoms with Crippen molar-refractivity contribution in [2.75, 3.05) is 26.4 Å². The van der Waals surface area contributed by atoms with Crippen molar-refractivity contribution in [3.8, 4) is 0 Å². The van der Waals surface area contributed by atoms with E-state index in [2.05, 4.69) is 31.3 Å². The van der Waals surface area contributed by atoms with Crippen LogP contribution in [-0.2, 0) is 33.2 Å². The summed E-state index contributed by atoms with van der Waals surface area (Å²) in [5, 5.41) is 120. The number of carbonyl (C=O) groups excluding carboxylic acids is 1. The molecule has 17 unspecified atom stereocenters. The summed E-state index contributed by atoms with van der Waals surface area (Å²) in [6.07, 6.45) is 8.96. The number of hydrogen-bond acceptors (Lipinski definition) is 18. The summed E-state index contributed by atoms with van der Waals surface area (Å²) >= 11 is 0. The minimum absolute atomic E-state index is 0.239. The second kappa shape index (κ2) is 37.9. The molecule has 72 heavy (non-hydrogen) atoms. The van der Waals surface area contributed by atoms with Crippen molar-refractivity contribution in [2.45, 2.75) is 279 Å². The largest absolute Gasteiger partial charge is 0.394 e. The zero-order valence-corrected chi connectivity index (χ0v) is 43.4. The van der Waals surface area contributed by atoms with Gasteiger partial charge in [-0.05, 0) is 32.1 Å². The highest BCUT2D eigenvalue weighted by atomic mass is 16.8. The van der Waals surface area contributed by atoms with Crippen LogP contribution in [0.1, 0.15) is 174 Å². The fraction of sp³-hybridized carbons (Fsp3) is 0.906. The molecule has 0 spiro atoms. The number of aliphatic hydroxyl groups excluding tert-OH is 11. The van der Waals surface area contributed by atoms with E-state index in [0.717, 1.165) is 38.5 Å². The minimum Gasteiger partial charge on any atom is -0.394 e. The van der Waals surface area contributed by atoms with E-state index in [1.165, 1.54) is 103 Å². The zero-order chi connectivity index (χ0) is 52.7. The number of rotatable bonds is 39. The molecule has 3 aliphatic rings. The first-order valence-corrected chi connectivity index (χ1v) is 27.6. The van der Waals surface area contributed by atoms with E-state index >= 15 is 0 Å². The molecule has 422 valence electrons. The van der Waals surface area contributed by atoms with Gasteiger partial charge in [0.1, 0.15) is 73.2 Å². The van der Waals surface area contributed by atoms with Crippen LogP contribution in [-0.4, -0.2) is 193 Å². The SMILES string of the molecule is CCCCCCC/C=C/CC/C=C/C(O)C(COC1OC(CO)C(OC2OC(CO)C(OC3OC(CO)C(O)C(O)C3O)C(O)C2O)C(O)C1O)NC(=O)CCCCCCCCCCCCCCCCCC. The van der Waals surface area contributed by atoms with E-state index in [9.17, 15) is 61.0 Å². The van der Waals surface area contributed by atoms with E-state index in [0.29, 0.717) is 12.8 Å². The Hall–Kier alpha value is -1.73. The molecular weight excluding hydrogens is 939 g/mol. The lowest BCUT2D eigenvalue weighted by atomic mass is 9.96. The van der Waals surface area contributed by atoms with Gasteiger partial charge in [0, 0.05) is 6.42 Å². The Bertz CT molecular complexity index is 1430. The summed E-state index contributed by atoms with van der Waals surface area (Å²) in [6.45, 7) is 1.65. The summed E-state index contributed by atoms with van der Waals surface area (Å²) in [5.74, 6) is -0.287.